The largest absolute Gasteiger partial charge is 0.416 e. The van der Waals surface area contributed by atoms with E-state index in [1.54, 1.807) is 30.4 Å². The van der Waals surface area contributed by atoms with E-state index in [2.05, 4.69) is 4.90 Å². The van der Waals surface area contributed by atoms with Crippen LogP contribution in [0.1, 0.15) is 18.4 Å². The minimum absolute atomic E-state index is 0.0700. The number of likely N-dealkylation sites (N-methyl/N-ethyl adjacent to an activating group) is 1. The van der Waals surface area contributed by atoms with Gasteiger partial charge in [0.1, 0.15) is 6.07 Å². The maximum absolute atomic E-state index is 13.6. The van der Waals surface area contributed by atoms with E-state index in [9.17, 15) is 13.2 Å². The molecule has 0 radical (unpaired) electrons. The molecule has 148 valence electrons. The van der Waals surface area contributed by atoms with Crippen LogP contribution < -0.4 is 4.90 Å². The average Bonchev–Trinajstić information content (AvgIpc) is 2.91. The van der Waals surface area contributed by atoms with Gasteiger partial charge in [0.05, 0.1) is 16.2 Å². The zero-order valence-electron chi connectivity index (χ0n) is 15.5. The van der Waals surface area contributed by atoms with E-state index in [4.69, 9.17) is 16.9 Å². The summed E-state index contributed by atoms with van der Waals surface area (Å²) in [6.45, 7) is 1.77. The average molecular weight is 408 g/mol. The minimum atomic E-state index is -4.42. The van der Waals surface area contributed by atoms with Gasteiger partial charge in [0.2, 0.25) is 0 Å². The maximum Gasteiger partial charge on any atom is 0.416 e. The summed E-state index contributed by atoms with van der Waals surface area (Å²) in [6, 6.07) is 7.14. The van der Waals surface area contributed by atoms with Crippen LogP contribution in [0.3, 0.4) is 0 Å². The molecule has 1 aromatic carbocycles. The summed E-state index contributed by atoms with van der Waals surface area (Å²) < 4.78 is 40.8. The van der Waals surface area contributed by atoms with Crippen molar-refractivity contribution in [1.82, 2.24) is 4.90 Å². The molecule has 0 amide bonds. The summed E-state index contributed by atoms with van der Waals surface area (Å²) in [5, 5.41) is 9.41. The highest BCUT2D eigenvalue weighted by Crippen LogP contribution is 2.35. The molecule has 0 saturated carbocycles. The molecule has 7 heteroatoms. The van der Waals surface area contributed by atoms with Crippen molar-refractivity contribution in [3.05, 3.63) is 64.2 Å². The lowest BCUT2D eigenvalue weighted by atomic mass is 10.0. The Bertz CT molecular complexity index is 865. The number of alkyl halides is 3. The molecule has 28 heavy (non-hydrogen) atoms. The van der Waals surface area contributed by atoms with Crippen LogP contribution in [0.25, 0.3) is 0 Å². The van der Waals surface area contributed by atoms with Gasteiger partial charge >= 0.3 is 6.18 Å². The fourth-order valence-electron chi connectivity index (χ4n) is 3.65. The Balaban J connectivity index is 1.97. The van der Waals surface area contributed by atoms with Gasteiger partial charge in [-0.2, -0.15) is 18.4 Å². The fourth-order valence-corrected chi connectivity index (χ4v) is 3.87. The van der Waals surface area contributed by atoms with Gasteiger partial charge in [-0.1, -0.05) is 29.8 Å². The Kier molecular flexibility index (Phi) is 6.17. The van der Waals surface area contributed by atoms with Crippen molar-refractivity contribution in [3.8, 4) is 6.07 Å². The summed E-state index contributed by atoms with van der Waals surface area (Å²) in [5.41, 5.74) is 0.719. The Labute approximate surface area is 168 Å². The molecule has 1 saturated heterocycles. The molecule has 1 aliphatic carbocycles. The van der Waals surface area contributed by atoms with Gasteiger partial charge < -0.3 is 9.80 Å². The van der Waals surface area contributed by atoms with Crippen molar-refractivity contribution in [2.24, 2.45) is 0 Å². The van der Waals surface area contributed by atoms with Gasteiger partial charge in [0, 0.05) is 24.8 Å². The molecular weight excluding hydrogens is 387 g/mol. The topological polar surface area (TPSA) is 30.3 Å². The van der Waals surface area contributed by atoms with E-state index in [-0.39, 0.29) is 18.2 Å². The fraction of sp³-hybridized carbons (Fsp3) is 0.381. The molecule has 1 aliphatic heterocycles. The normalized spacial score (nSPS) is 20.4. The van der Waals surface area contributed by atoms with E-state index in [0.717, 1.165) is 31.3 Å². The molecule has 0 N–H and O–H groups in total. The lowest BCUT2D eigenvalue weighted by molar-refractivity contribution is -0.0894. The predicted molar refractivity (Wildman–Crippen MR) is 105 cm³/mol. The summed E-state index contributed by atoms with van der Waals surface area (Å²) in [6.07, 6.45) is 2.84. The van der Waals surface area contributed by atoms with Crippen LogP contribution in [0.4, 0.5) is 18.9 Å². The van der Waals surface area contributed by atoms with Crippen molar-refractivity contribution in [3.63, 3.8) is 0 Å². The van der Waals surface area contributed by atoms with Gasteiger partial charge in [0.25, 0.3) is 0 Å². The van der Waals surface area contributed by atoms with Gasteiger partial charge in [-0.15, -0.1) is 0 Å². The van der Waals surface area contributed by atoms with Crippen LogP contribution in [-0.2, 0) is 0 Å². The van der Waals surface area contributed by atoms with E-state index in [1.165, 1.54) is 6.08 Å². The number of halogens is 4. The first-order valence-electron chi connectivity index (χ1n) is 9.08. The number of nitriles is 1. The zero-order valence-corrected chi connectivity index (χ0v) is 16.3. The number of hydrogen-bond acceptors (Lipinski definition) is 3. The van der Waals surface area contributed by atoms with Crippen LogP contribution in [-0.4, -0.2) is 43.8 Å². The third-order valence-corrected chi connectivity index (χ3v) is 5.42. The van der Waals surface area contributed by atoms with Gasteiger partial charge in [0.15, 0.2) is 0 Å². The number of hydrogen-bond donors (Lipinski definition) is 0. The molecule has 2 aliphatic rings. The van der Waals surface area contributed by atoms with E-state index < -0.39 is 11.7 Å². The second-order valence-electron chi connectivity index (χ2n) is 7.08. The number of rotatable bonds is 4. The quantitative estimate of drug-likeness (QED) is 0.695. The third-order valence-electron chi connectivity index (χ3n) is 5.10. The van der Waals surface area contributed by atoms with E-state index in [0.29, 0.717) is 17.0 Å². The Morgan fingerprint density at radius 2 is 2.14 bits per heavy atom. The van der Waals surface area contributed by atoms with Gasteiger partial charge in [-0.3, -0.25) is 0 Å². The van der Waals surface area contributed by atoms with Crippen molar-refractivity contribution >= 4 is 17.3 Å². The molecule has 0 spiro atoms. The number of benzene rings is 1. The molecular formula is C21H21ClF3N3. The second kappa shape index (κ2) is 8.42. The highest BCUT2D eigenvalue weighted by Gasteiger charge is 2.37. The SMILES string of the molecule is CN1CCC(N(CC2=CCC=CC=C2C(F)(F)F)c2ccc(C#N)c(Cl)c2)C1. The molecule has 3 rings (SSSR count). The van der Waals surface area contributed by atoms with Crippen LogP contribution in [0.15, 0.2) is 53.6 Å². The minimum Gasteiger partial charge on any atom is -0.363 e. The molecule has 0 aromatic heterocycles. The van der Waals surface area contributed by atoms with Crippen LogP contribution in [0.2, 0.25) is 5.02 Å². The summed E-state index contributed by atoms with van der Waals surface area (Å²) in [4.78, 5) is 4.14. The molecule has 3 nitrogen and oxygen atoms in total. The smallest absolute Gasteiger partial charge is 0.363 e. The molecule has 1 aromatic rings. The van der Waals surface area contributed by atoms with Crippen molar-refractivity contribution < 1.29 is 13.2 Å². The van der Waals surface area contributed by atoms with Crippen LogP contribution >= 0.6 is 11.6 Å². The molecule has 1 fully saturated rings. The lowest BCUT2D eigenvalue weighted by Gasteiger charge is -2.33. The summed E-state index contributed by atoms with van der Waals surface area (Å²) >= 11 is 6.20. The third kappa shape index (κ3) is 4.60. The first kappa shape index (κ1) is 20.5. The number of allylic oxidation sites excluding steroid dienone is 4. The Hall–Kier alpha value is -2.23. The van der Waals surface area contributed by atoms with Crippen LogP contribution in [0, 0.1) is 11.3 Å². The van der Waals surface area contributed by atoms with E-state index in [1.807, 2.05) is 18.0 Å². The van der Waals surface area contributed by atoms with Gasteiger partial charge in [-0.25, -0.2) is 0 Å². The maximum atomic E-state index is 13.6. The number of anilines is 1. The van der Waals surface area contributed by atoms with E-state index >= 15 is 0 Å². The van der Waals surface area contributed by atoms with Gasteiger partial charge in [-0.05, 0) is 56.3 Å². The highest BCUT2D eigenvalue weighted by molar-refractivity contribution is 6.32. The molecule has 1 atom stereocenters. The summed E-state index contributed by atoms with van der Waals surface area (Å²) in [5.74, 6) is 0. The van der Waals surface area contributed by atoms with Crippen molar-refractivity contribution in [1.29, 1.82) is 5.26 Å². The molecule has 1 heterocycles. The number of likely N-dealkylation sites (tertiary alicyclic amines) is 1. The summed E-state index contributed by atoms with van der Waals surface area (Å²) in [7, 11) is 2.00. The first-order chi connectivity index (χ1) is 13.3. The Morgan fingerprint density at radius 1 is 1.36 bits per heavy atom. The number of nitrogens with zero attached hydrogens (tertiary/aromatic N) is 3. The second-order valence-corrected chi connectivity index (χ2v) is 7.49. The first-order valence-corrected chi connectivity index (χ1v) is 9.45. The zero-order chi connectivity index (χ0) is 20.3. The van der Waals surface area contributed by atoms with Crippen molar-refractivity contribution in [2.75, 3.05) is 31.6 Å². The highest BCUT2D eigenvalue weighted by atomic mass is 35.5. The lowest BCUT2D eigenvalue weighted by Crippen LogP contribution is -2.39. The van der Waals surface area contributed by atoms with Crippen molar-refractivity contribution in [2.45, 2.75) is 25.1 Å². The standard InChI is InChI=1S/C21H21ClF3N3/c1-27-10-9-18(14-27)28(17-8-7-15(12-26)20(22)11-17)13-16-5-3-2-4-6-19(16)21(23,24)25/h2,4-8,11,18H,3,9-10,13-14H2,1H3. The molecule has 0 bridgehead atoms. The molecule has 1 unspecified atom stereocenters. The monoisotopic (exact) mass is 407 g/mol. The van der Waals surface area contributed by atoms with Crippen LogP contribution in [0.5, 0.6) is 0 Å². The Morgan fingerprint density at radius 3 is 2.75 bits per heavy atom. The predicted octanol–water partition coefficient (Wildman–Crippen LogP) is 5.10.